The molecule has 0 radical (unpaired) electrons. The van der Waals surface area contributed by atoms with Gasteiger partial charge in [0.15, 0.2) is 0 Å². The third-order valence-corrected chi connectivity index (χ3v) is 1.96. The lowest BCUT2D eigenvalue weighted by Gasteiger charge is -2.15. The minimum absolute atomic E-state index is 0.469. The third-order valence-electron chi connectivity index (χ3n) is 1.96. The van der Waals surface area contributed by atoms with E-state index >= 15 is 0 Å². The summed E-state index contributed by atoms with van der Waals surface area (Å²) in [5, 5.41) is 0. The maximum absolute atomic E-state index is 13.2. The molecule has 1 aromatic rings. The van der Waals surface area contributed by atoms with E-state index in [1.54, 1.807) is 0 Å². The molecule has 0 fully saturated rings. The molecule has 16 heavy (non-hydrogen) atoms. The Morgan fingerprint density at radius 3 is 2.12 bits per heavy atom. The first kappa shape index (κ1) is 12.8. The number of hydrogen-bond donors (Lipinski definition) is 1. The van der Waals surface area contributed by atoms with Gasteiger partial charge >= 0.3 is 6.18 Å². The highest BCUT2D eigenvalue weighted by Gasteiger charge is 2.36. The van der Waals surface area contributed by atoms with Crippen molar-refractivity contribution in [3.63, 3.8) is 0 Å². The van der Waals surface area contributed by atoms with E-state index in [0.29, 0.717) is 6.07 Å². The van der Waals surface area contributed by atoms with Crippen LogP contribution in [0.25, 0.3) is 0 Å². The van der Waals surface area contributed by atoms with Crippen LogP contribution in [0.2, 0.25) is 0 Å². The molecule has 0 spiro atoms. The van der Waals surface area contributed by atoms with Crippen LogP contribution in [0.5, 0.6) is 0 Å². The van der Waals surface area contributed by atoms with Crippen molar-refractivity contribution in [2.45, 2.75) is 18.6 Å². The van der Waals surface area contributed by atoms with Crippen LogP contribution in [-0.2, 0) is 6.18 Å². The van der Waals surface area contributed by atoms with Gasteiger partial charge in [-0.15, -0.1) is 0 Å². The number of alkyl halides is 5. The lowest BCUT2D eigenvalue weighted by molar-refractivity contribution is -0.140. The summed E-state index contributed by atoms with van der Waals surface area (Å²) in [4.78, 5) is 0. The summed E-state index contributed by atoms with van der Waals surface area (Å²) in [6.07, 6.45) is -8.06. The average Bonchev–Trinajstić information content (AvgIpc) is 2.15. The Morgan fingerprint density at radius 1 is 1.12 bits per heavy atom. The van der Waals surface area contributed by atoms with E-state index in [4.69, 9.17) is 5.73 Å². The van der Waals surface area contributed by atoms with E-state index in [1.165, 1.54) is 0 Å². The second-order valence-corrected chi connectivity index (χ2v) is 3.07. The Kier molecular flexibility index (Phi) is 3.47. The van der Waals surface area contributed by atoms with E-state index in [2.05, 4.69) is 0 Å². The van der Waals surface area contributed by atoms with Crippen LogP contribution in [0, 0.1) is 5.82 Å². The van der Waals surface area contributed by atoms with Crippen LogP contribution in [0.15, 0.2) is 18.2 Å². The molecule has 1 rings (SSSR count). The van der Waals surface area contributed by atoms with Gasteiger partial charge in [-0.1, -0.05) is 12.1 Å². The van der Waals surface area contributed by atoms with Crippen LogP contribution < -0.4 is 5.73 Å². The van der Waals surface area contributed by atoms with Crippen molar-refractivity contribution >= 4 is 0 Å². The van der Waals surface area contributed by atoms with Crippen molar-refractivity contribution in [1.29, 1.82) is 0 Å². The van der Waals surface area contributed by atoms with Crippen molar-refractivity contribution in [2.24, 2.45) is 5.73 Å². The molecule has 1 nitrogen and oxygen atoms in total. The predicted octanol–water partition coefficient (Wildman–Crippen LogP) is 3.11. The second kappa shape index (κ2) is 4.32. The fraction of sp³-hybridized carbons (Fsp3) is 0.333. The molecule has 0 unspecified atom stereocenters. The molecule has 0 amide bonds. The first-order valence-corrected chi connectivity index (χ1v) is 4.14. The Labute approximate surface area is 86.9 Å². The minimum Gasteiger partial charge on any atom is -0.319 e. The smallest absolute Gasteiger partial charge is 0.319 e. The number of hydrogen-bond acceptors (Lipinski definition) is 1. The quantitative estimate of drug-likeness (QED) is 0.793. The van der Waals surface area contributed by atoms with Crippen molar-refractivity contribution in [3.05, 3.63) is 35.1 Å². The normalized spacial score (nSPS) is 14.2. The summed E-state index contributed by atoms with van der Waals surface area (Å²) in [5.41, 5.74) is 2.45. The predicted molar refractivity (Wildman–Crippen MR) is 44.3 cm³/mol. The highest BCUT2D eigenvalue weighted by molar-refractivity contribution is 5.30. The van der Waals surface area contributed by atoms with Gasteiger partial charge < -0.3 is 5.73 Å². The monoisotopic (exact) mass is 243 g/mol. The van der Waals surface area contributed by atoms with Crippen LogP contribution in [0.4, 0.5) is 26.3 Å². The molecule has 0 saturated heterocycles. The lowest BCUT2D eigenvalue weighted by Crippen LogP contribution is -2.22. The highest BCUT2D eigenvalue weighted by atomic mass is 19.4. The van der Waals surface area contributed by atoms with Gasteiger partial charge in [0, 0.05) is 5.56 Å². The van der Waals surface area contributed by atoms with Crippen LogP contribution in [0.3, 0.4) is 0 Å². The highest BCUT2D eigenvalue weighted by Crippen LogP contribution is 2.34. The first-order valence-electron chi connectivity index (χ1n) is 4.14. The SMILES string of the molecule is N[C@@H](c1cccc(C(F)(F)F)c1F)C(F)F. The summed E-state index contributed by atoms with van der Waals surface area (Å²) >= 11 is 0. The Balaban J connectivity index is 3.24. The van der Waals surface area contributed by atoms with E-state index in [0.717, 1.165) is 12.1 Å². The maximum Gasteiger partial charge on any atom is 0.419 e. The fourth-order valence-corrected chi connectivity index (χ4v) is 1.16. The number of benzene rings is 1. The summed E-state index contributed by atoms with van der Waals surface area (Å²) in [6.45, 7) is 0. The fourth-order valence-electron chi connectivity index (χ4n) is 1.16. The molecule has 0 aliphatic rings. The van der Waals surface area contributed by atoms with E-state index in [-0.39, 0.29) is 0 Å². The molecular formula is C9H7F6N. The van der Waals surface area contributed by atoms with Crippen molar-refractivity contribution in [2.75, 3.05) is 0 Å². The Bertz CT molecular complexity index is 373. The number of nitrogens with two attached hydrogens (primary N) is 1. The Hall–Kier alpha value is -1.24. The molecular weight excluding hydrogens is 236 g/mol. The zero-order chi connectivity index (χ0) is 12.5. The van der Waals surface area contributed by atoms with Crippen molar-refractivity contribution < 1.29 is 26.3 Å². The molecule has 0 aliphatic heterocycles. The summed E-state index contributed by atoms with van der Waals surface area (Å²) in [7, 11) is 0. The molecule has 1 atom stereocenters. The van der Waals surface area contributed by atoms with Gasteiger partial charge in [0.05, 0.1) is 11.6 Å². The van der Waals surface area contributed by atoms with Crippen molar-refractivity contribution in [3.8, 4) is 0 Å². The van der Waals surface area contributed by atoms with E-state index < -0.39 is 35.6 Å². The summed E-state index contributed by atoms with van der Waals surface area (Å²) < 4.78 is 74.2. The van der Waals surface area contributed by atoms with Gasteiger partial charge in [-0.25, -0.2) is 13.2 Å². The first-order chi connectivity index (χ1) is 7.25. The van der Waals surface area contributed by atoms with Gasteiger partial charge in [0.25, 0.3) is 6.43 Å². The minimum atomic E-state index is -4.93. The van der Waals surface area contributed by atoms with E-state index in [9.17, 15) is 26.3 Å². The topological polar surface area (TPSA) is 26.0 Å². The average molecular weight is 243 g/mol. The van der Waals surface area contributed by atoms with Crippen molar-refractivity contribution in [1.82, 2.24) is 0 Å². The van der Waals surface area contributed by atoms with Gasteiger partial charge in [0.1, 0.15) is 5.82 Å². The standard InChI is InChI=1S/C9H7F6N/c10-6-4(7(16)8(11)12)2-1-3-5(6)9(13,14)15/h1-3,7-8H,16H2/t7-/m0/s1. The van der Waals surface area contributed by atoms with E-state index in [1.807, 2.05) is 0 Å². The molecule has 0 aliphatic carbocycles. The summed E-state index contributed by atoms with van der Waals surface area (Å²) in [6, 6.07) is 0.0457. The zero-order valence-electron chi connectivity index (χ0n) is 7.73. The molecule has 1 aromatic carbocycles. The number of halogens is 6. The maximum atomic E-state index is 13.2. The van der Waals surface area contributed by atoms with Gasteiger partial charge in [-0.05, 0) is 6.07 Å². The van der Waals surface area contributed by atoms with Gasteiger partial charge in [0.2, 0.25) is 0 Å². The van der Waals surface area contributed by atoms with Crippen LogP contribution in [-0.4, -0.2) is 6.43 Å². The molecule has 0 heterocycles. The lowest BCUT2D eigenvalue weighted by atomic mass is 10.0. The second-order valence-electron chi connectivity index (χ2n) is 3.07. The molecule has 90 valence electrons. The van der Waals surface area contributed by atoms with Crippen LogP contribution >= 0.6 is 0 Å². The molecule has 0 aromatic heterocycles. The molecule has 2 N–H and O–H groups in total. The van der Waals surface area contributed by atoms with Gasteiger partial charge in [-0.2, -0.15) is 13.2 Å². The molecule has 0 bridgehead atoms. The zero-order valence-corrected chi connectivity index (χ0v) is 7.73. The molecule has 7 heteroatoms. The number of rotatable bonds is 2. The van der Waals surface area contributed by atoms with Gasteiger partial charge in [-0.3, -0.25) is 0 Å². The third kappa shape index (κ3) is 2.46. The molecule has 0 saturated carbocycles. The largest absolute Gasteiger partial charge is 0.419 e. The Morgan fingerprint density at radius 2 is 1.69 bits per heavy atom. The summed E-state index contributed by atoms with van der Waals surface area (Å²) in [5.74, 6) is -1.75. The van der Waals surface area contributed by atoms with Crippen LogP contribution in [0.1, 0.15) is 17.2 Å².